The molecule has 0 unspecified atom stereocenters. The van der Waals surface area contributed by atoms with E-state index in [0.29, 0.717) is 0 Å². The van der Waals surface area contributed by atoms with Crippen molar-refractivity contribution >= 4 is 20.7 Å². The second-order valence-corrected chi connectivity index (χ2v) is 6.74. The molecule has 0 amide bonds. The van der Waals surface area contributed by atoms with E-state index in [1.165, 1.54) is 35.2 Å². The summed E-state index contributed by atoms with van der Waals surface area (Å²) in [6.07, 6.45) is 0.865. The first kappa shape index (κ1) is 18.5. The lowest BCUT2D eigenvalue weighted by atomic mass is 10.3. The fourth-order valence-electron chi connectivity index (χ4n) is 0.985. The van der Waals surface area contributed by atoms with Crippen LogP contribution >= 0.6 is 0 Å². The summed E-state index contributed by atoms with van der Waals surface area (Å²) in [5.41, 5.74) is 0.345. The minimum absolute atomic E-state index is 0.116. The molecule has 0 aliphatic rings. The highest BCUT2D eigenvalue weighted by molar-refractivity contribution is 6.60. The predicted molar refractivity (Wildman–Crippen MR) is 72.4 cm³/mol. The molecule has 0 radical (unpaired) electrons. The summed E-state index contributed by atoms with van der Waals surface area (Å²) in [7, 11) is 1.24. The van der Waals surface area contributed by atoms with Gasteiger partial charge in [-0.1, -0.05) is 6.58 Å². The zero-order valence-corrected chi connectivity index (χ0v) is 13.3. The maximum absolute atomic E-state index is 11.7. The van der Waals surface area contributed by atoms with Gasteiger partial charge in [-0.15, -0.1) is 0 Å². The summed E-state index contributed by atoms with van der Waals surface area (Å²) < 4.78 is 25.0. The van der Waals surface area contributed by atoms with E-state index in [-0.39, 0.29) is 17.4 Å². The van der Waals surface area contributed by atoms with E-state index in [0.717, 1.165) is 6.26 Å². The van der Waals surface area contributed by atoms with Gasteiger partial charge in [0.1, 0.15) is 6.26 Å². The molecule has 0 saturated carbocycles. The maximum atomic E-state index is 11.7. The third-order valence-electron chi connectivity index (χ3n) is 2.33. The highest BCUT2D eigenvalue weighted by Crippen LogP contribution is 2.08. The summed E-state index contributed by atoms with van der Waals surface area (Å²) in [4.78, 5) is 22.8. The lowest BCUT2D eigenvalue weighted by Gasteiger charge is -2.23. The largest absolute Gasteiger partial charge is 0.539 e. The van der Waals surface area contributed by atoms with Crippen LogP contribution in [-0.4, -0.2) is 48.3 Å². The van der Waals surface area contributed by atoms with Crippen molar-refractivity contribution in [3.8, 4) is 0 Å². The van der Waals surface area contributed by atoms with Gasteiger partial charge in [-0.25, -0.2) is 9.59 Å². The van der Waals surface area contributed by atoms with Crippen LogP contribution in [0.3, 0.4) is 0 Å². The minimum Gasteiger partial charge on any atom is -0.458 e. The topological polar surface area (TPSA) is 80.3 Å². The summed E-state index contributed by atoms with van der Waals surface area (Å²) in [5, 5.41) is 0. The molecule has 0 aliphatic heterocycles. The zero-order valence-electron chi connectivity index (χ0n) is 12.3. The van der Waals surface area contributed by atoms with Crippen LogP contribution in [0.1, 0.15) is 13.8 Å². The first-order valence-electron chi connectivity index (χ1n) is 5.67. The summed E-state index contributed by atoms with van der Waals surface area (Å²) in [6.45, 7) is 6.36. The SMILES string of the molecule is C=C(C)C(=O)OC=C(C)C(=O)OC[Si](OC)(OC)OC. The number of carbonyl (C=O) groups is 2. The highest BCUT2D eigenvalue weighted by Gasteiger charge is 2.40. The van der Waals surface area contributed by atoms with Crippen LogP contribution in [0, 0.1) is 0 Å². The standard InChI is InChI=1S/C12H20O7Si/c1-9(2)11(13)18-7-10(3)12(14)19-8-20(15-4,16-5)17-6/h7H,1,8H2,2-6H3. The van der Waals surface area contributed by atoms with E-state index < -0.39 is 20.7 Å². The van der Waals surface area contributed by atoms with Crippen molar-refractivity contribution in [2.75, 3.05) is 27.6 Å². The van der Waals surface area contributed by atoms with Crippen molar-refractivity contribution in [2.45, 2.75) is 13.8 Å². The van der Waals surface area contributed by atoms with Crippen molar-refractivity contribution in [1.29, 1.82) is 0 Å². The molecule has 20 heavy (non-hydrogen) atoms. The Morgan fingerprint density at radius 3 is 1.95 bits per heavy atom. The molecular formula is C12H20O7Si. The predicted octanol–water partition coefficient (Wildman–Crippen LogP) is 0.970. The van der Waals surface area contributed by atoms with Crippen LogP contribution in [-0.2, 0) is 32.3 Å². The summed E-state index contributed by atoms with van der Waals surface area (Å²) >= 11 is 0. The maximum Gasteiger partial charge on any atom is 0.539 e. The van der Waals surface area contributed by atoms with Gasteiger partial charge in [-0.05, 0) is 13.8 Å². The van der Waals surface area contributed by atoms with E-state index in [1.54, 1.807) is 0 Å². The highest BCUT2D eigenvalue weighted by atomic mass is 28.4. The summed E-state index contributed by atoms with van der Waals surface area (Å²) in [6, 6.07) is 0. The quantitative estimate of drug-likeness (QED) is 0.286. The molecule has 0 fully saturated rings. The van der Waals surface area contributed by atoms with Crippen LogP contribution < -0.4 is 0 Å². The van der Waals surface area contributed by atoms with Crippen molar-refractivity contribution in [3.05, 3.63) is 24.0 Å². The average Bonchev–Trinajstić information content (AvgIpc) is 2.45. The van der Waals surface area contributed by atoms with Gasteiger partial charge in [0.05, 0.1) is 5.57 Å². The Labute approximate surface area is 119 Å². The molecule has 0 heterocycles. The molecule has 114 valence electrons. The van der Waals surface area contributed by atoms with Gasteiger partial charge in [0.2, 0.25) is 0 Å². The summed E-state index contributed by atoms with van der Waals surface area (Å²) in [5.74, 6) is -1.28. The van der Waals surface area contributed by atoms with E-state index in [4.69, 9.17) is 22.8 Å². The molecular weight excluding hydrogens is 284 g/mol. The van der Waals surface area contributed by atoms with E-state index in [9.17, 15) is 9.59 Å². The van der Waals surface area contributed by atoms with Gasteiger partial charge < -0.3 is 22.8 Å². The molecule has 0 aromatic carbocycles. The number of esters is 2. The second kappa shape index (κ2) is 8.64. The number of rotatable bonds is 8. The molecule has 0 aromatic heterocycles. The number of ether oxygens (including phenoxy) is 2. The van der Waals surface area contributed by atoms with Gasteiger partial charge in [-0.3, -0.25) is 0 Å². The third kappa shape index (κ3) is 5.66. The molecule has 0 atom stereocenters. The molecule has 8 heteroatoms. The van der Waals surface area contributed by atoms with Crippen molar-refractivity contribution < 1.29 is 32.3 Å². The number of hydrogen-bond acceptors (Lipinski definition) is 7. The Kier molecular flexibility index (Phi) is 8.00. The van der Waals surface area contributed by atoms with Crippen molar-refractivity contribution in [1.82, 2.24) is 0 Å². The molecule has 0 aliphatic carbocycles. The fraction of sp³-hybridized carbons (Fsp3) is 0.500. The van der Waals surface area contributed by atoms with Crippen LogP contribution in [0.15, 0.2) is 24.0 Å². The smallest absolute Gasteiger partial charge is 0.458 e. The van der Waals surface area contributed by atoms with Crippen molar-refractivity contribution in [2.24, 2.45) is 0 Å². The molecule has 0 bridgehead atoms. The Morgan fingerprint density at radius 2 is 1.55 bits per heavy atom. The molecule has 7 nitrogen and oxygen atoms in total. The monoisotopic (exact) mass is 304 g/mol. The Bertz CT molecular complexity index is 390. The van der Waals surface area contributed by atoms with Crippen LogP contribution in [0.4, 0.5) is 0 Å². The van der Waals surface area contributed by atoms with E-state index in [1.807, 2.05) is 0 Å². The molecule has 0 N–H and O–H groups in total. The first-order chi connectivity index (χ1) is 9.31. The molecule has 0 rings (SSSR count). The molecule has 0 aromatic rings. The Morgan fingerprint density at radius 1 is 1.05 bits per heavy atom. The normalized spacial score (nSPS) is 11.9. The second-order valence-electron chi connectivity index (χ2n) is 3.86. The van der Waals surface area contributed by atoms with Gasteiger partial charge in [0, 0.05) is 26.9 Å². The lowest BCUT2D eigenvalue weighted by molar-refractivity contribution is -0.139. The Balaban J connectivity index is 4.50. The van der Waals surface area contributed by atoms with Gasteiger partial charge >= 0.3 is 20.7 Å². The zero-order chi connectivity index (χ0) is 15.8. The van der Waals surface area contributed by atoms with Crippen LogP contribution in [0.5, 0.6) is 0 Å². The number of hydrogen-bond donors (Lipinski definition) is 0. The lowest BCUT2D eigenvalue weighted by Crippen LogP contribution is -2.48. The fourth-order valence-corrected chi connectivity index (χ4v) is 2.15. The van der Waals surface area contributed by atoms with Crippen molar-refractivity contribution in [3.63, 3.8) is 0 Å². The van der Waals surface area contributed by atoms with Gasteiger partial charge in [0.15, 0.2) is 6.23 Å². The average molecular weight is 304 g/mol. The van der Waals surface area contributed by atoms with E-state index in [2.05, 4.69) is 6.58 Å². The third-order valence-corrected chi connectivity index (χ3v) is 4.69. The van der Waals surface area contributed by atoms with Crippen LogP contribution in [0.25, 0.3) is 0 Å². The van der Waals surface area contributed by atoms with Gasteiger partial charge in [0.25, 0.3) is 0 Å². The Hall–Kier alpha value is -1.48. The minimum atomic E-state index is -2.98. The van der Waals surface area contributed by atoms with Crippen LogP contribution in [0.2, 0.25) is 0 Å². The number of carbonyl (C=O) groups excluding carboxylic acids is 2. The van der Waals surface area contributed by atoms with E-state index >= 15 is 0 Å². The first-order valence-corrected chi connectivity index (χ1v) is 7.61. The molecule has 0 spiro atoms. The van der Waals surface area contributed by atoms with Gasteiger partial charge in [-0.2, -0.15) is 0 Å². The molecule has 0 saturated heterocycles.